The minimum atomic E-state index is -0.593. The number of nitro groups is 1. The maximum atomic E-state index is 12.3. The summed E-state index contributed by atoms with van der Waals surface area (Å²) in [6, 6.07) is 18.0. The molecule has 0 aliphatic carbocycles. The highest BCUT2D eigenvalue weighted by molar-refractivity contribution is 9.10. The van der Waals surface area contributed by atoms with E-state index in [9.17, 15) is 20.2 Å². The Morgan fingerprint density at radius 3 is 2.68 bits per heavy atom. The first-order valence-corrected chi connectivity index (χ1v) is 8.79. The highest BCUT2D eigenvalue weighted by atomic mass is 79.9. The number of hydrogen-bond donors (Lipinski definition) is 1. The number of para-hydroxylation sites is 1. The van der Waals surface area contributed by atoms with Crippen LogP contribution in [0.1, 0.15) is 5.76 Å². The van der Waals surface area contributed by atoms with Gasteiger partial charge in [0.25, 0.3) is 11.6 Å². The first kappa shape index (κ1) is 19.1. The molecule has 3 rings (SSSR count). The van der Waals surface area contributed by atoms with Crippen molar-refractivity contribution < 1.29 is 14.1 Å². The number of anilines is 1. The van der Waals surface area contributed by atoms with Crippen LogP contribution >= 0.6 is 15.9 Å². The van der Waals surface area contributed by atoms with Gasteiger partial charge in [0.1, 0.15) is 23.2 Å². The molecule has 1 aromatic heterocycles. The molecule has 0 fully saturated rings. The van der Waals surface area contributed by atoms with Crippen molar-refractivity contribution in [2.24, 2.45) is 0 Å². The SMILES string of the molecule is N#C/C(=C/c1ccc(-c2ccccc2[N+](=O)[O-])o1)C(=O)Nc1cccc(Br)c1. The molecule has 3 aromatic rings. The number of rotatable bonds is 5. The molecular formula is C20H12BrN3O4. The summed E-state index contributed by atoms with van der Waals surface area (Å²) in [5.41, 5.74) is 0.577. The lowest BCUT2D eigenvalue weighted by molar-refractivity contribution is -0.384. The van der Waals surface area contributed by atoms with Crippen molar-refractivity contribution in [3.63, 3.8) is 0 Å². The summed E-state index contributed by atoms with van der Waals surface area (Å²) in [5.74, 6) is -0.0958. The number of carbonyl (C=O) groups is 1. The van der Waals surface area contributed by atoms with Gasteiger partial charge in [0, 0.05) is 22.3 Å². The molecule has 7 nitrogen and oxygen atoms in total. The first-order valence-electron chi connectivity index (χ1n) is 8.00. The lowest BCUT2D eigenvalue weighted by Gasteiger charge is -2.04. The number of hydrogen-bond acceptors (Lipinski definition) is 5. The van der Waals surface area contributed by atoms with Crippen molar-refractivity contribution >= 4 is 39.3 Å². The van der Waals surface area contributed by atoms with Crippen molar-refractivity contribution in [3.8, 4) is 17.4 Å². The molecule has 2 aromatic carbocycles. The number of nitro benzene ring substituents is 1. The van der Waals surface area contributed by atoms with Crippen LogP contribution in [0.3, 0.4) is 0 Å². The molecule has 1 heterocycles. The third-order valence-electron chi connectivity index (χ3n) is 3.73. The van der Waals surface area contributed by atoms with Crippen molar-refractivity contribution in [2.75, 3.05) is 5.32 Å². The molecule has 0 unspecified atom stereocenters. The van der Waals surface area contributed by atoms with E-state index in [1.165, 1.54) is 18.2 Å². The number of nitriles is 1. The Kier molecular flexibility index (Phi) is 5.67. The van der Waals surface area contributed by atoms with Crippen molar-refractivity contribution in [3.05, 3.63) is 86.6 Å². The molecular weight excluding hydrogens is 426 g/mol. The average molecular weight is 438 g/mol. The van der Waals surface area contributed by atoms with Crippen molar-refractivity contribution in [1.82, 2.24) is 0 Å². The second-order valence-corrected chi connectivity index (χ2v) is 6.53. The van der Waals surface area contributed by atoms with Gasteiger partial charge in [-0.05, 0) is 36.4 Å². The predicted octanol–water partition coefficient (Wildman–Crippen LogP) is 5.16. The summed E-state index contributed by atoms with van der Waals surface area (Å²) in [6.45, 7) is 0. The van der Waals surface area contributed by atoms with E-state index in [0.29, 0.717) is 11.3 Å². The van der Waals surface area contributed by atoms with Gasteiger partial charge in [0.05, 0.1) is 10.5 Å². The third-order valence-corrected chi connectivity index (χ3v) is 4.22. The van der Waals surface area contributed by atoms with E-state index >= 15 is 0 Å². The van der Waals surface area contributed by atoms with E-state index in [2.05, 4.69) is 21.2 Å². The second-order valence-electron chi connectivity index (χ2n) is 5.61. The Bertz CT molecular complexity index is 1130. The Balaban J connectivity index is 1.86. The molecule has 138 valence electrons. The van der Waals surface area contributed by atoms with Gasteiger partial charge in [-0.15, -0.1) is 0 Å². The molecule has 8 heteroatoms. The molecule has 0 saturated heterocycles. The van der Waals surface area contributed by atoms with Crippen LogP contribution in [0.4, 0.5) is 11.4 Å². The molecule has 0 saturated carbocycles. The molecule has 1 amide bonds. The van der Waals surface area contributed by atoms with Gasteiger partial charge in [0.15, 0.2) is 0 Å². The molecule has 0 aliphatic heterocycles. The standard InChI is InChI=1S/C20H12BrN3O4/c21-14-4-3-5-15(11-14)23-20(25)13(12-22)10-16-8-9-19(28-16)17-6-1-2-7-18(17)24(26)27/h1-11H,(H,23,25)/b13-10-. The predicted molar refractivity (Wildman–Crippen MR) is 107 cm³/mol. The Labute approximate surface area is 168 Å². The minimum Gasteiger partial charge on any atom is -0.456 e. The van der Waals surface area contributed by atoms with E-state index in [0.717, 1.165) is 4.47 Å². The number of carbonyl (C=O) groups excluding carboxylic acids is 1. The number of nitrogens with zero attached hydrogens (tertiary/aromatic N) is 2. The fourth-order valence-corrected chi connectivity index (χ4v) is 2.87. The van der Waals surface area contributed by atoms with Gasteiger partial charge in [-0.1, -0.05) is 34.1 Å². The summed E-state index contributed by atoms with van der Waals surface area (Å²) in [4.78, 5) is 23.0. The summed E-state index contributed by atoms with van der Waals surface area (Å²) in [6.07, 6.45) is 1.28. The maximum absolute atomic E-state index is 12.3. The van der Waals surface area contributed by atoms with Crippen LogP contribution in [0.15, 0.2) is 75.1 Å². The molecule has 0 aliphatic rings. The number of furan rings is 1. The van der Waals surface area contributed by atoms with Crippen LogP contribution in [0, 0.1) is 21.4 Å². The molecule has 0 bridgehead atoms. The molecule has 0 atom stereocenters. The van der Waals surface area contributed by atoms with Crippen LogP contribution in [0.25, 0.3) is 17.4 Å². The van der Waals surface area contributed by atoms with Crippen LogP contribution in [-0.4, -0.2) is 10.8 Å². The maximum Gasteiger partial charge on any atom is 0.280 e. The van der Waals surface area contributed by atoms with Gasteiger partial charge in [0.2, 0.25) is 0 Å². The number of amides is 1. The first-order chi connectivity index (χ1) is 13.5. The Morgan fingerprint density at radius 2 is 1.96 bits per heavy atom. The number of benzene rings is 2. The number of nitrogens with one attached hydrogen (secondary N) is 1. The molecule has 0 spiro atoms. The largest absolute Gasteiger partial charge is 0.456 e. The zero-order valence-electron chi connectivity index (χ0n) is 14.3. The van der Waals surface area contributed by atoms with Gasteiger partial charge < -0.3 is 9.73 Å². The van der Waals surface area contributed by atoms with Gasteiger partial charge >= 0.3 is 0 Å². The Morgan fingerprint density at radius 1 is 1.18 bits per heavy atom. The third kappa shape index (κ3) is 4.34. The zero-order valence-corrected chi connectivity index (χ0v) is 15.8. The highest BCUT2D eigenvalue weighted by Crippen LogP contribution is 2.31. The lowest BCUT2D eigenvalue weighted by atomic mass is 10.1. The quantitative estimate of drug-likeness (QED) is 0.256. The lowest BCUT2D eigenvalue weighted by Crippen LogP contribution is -2.13. The monoisotopic (exact) mass is 437 g/mol. The fraction of sp³-hybridized carbons (Fsp3) is 0. The Hall–Kier alpha value is -3.70. The van der Waals surface area contributed by atoms with Crippen LogP contribution in [-0.2, 0) is 4.79 Å². The molecule has 1 N–H and O–H groups in total. The zero-order chi connectivity index (χ0) is 20.1. The summed E-state index contributed by atoms with van der Waals surface area (Å²) in [7, 11) is 0. The smallest absolute Gasteiger partial charge is 0.280 e. The summed E-state index contributed by atoms with van der Waals surface area (Å²) < 4.78 is 6.38. The van der Waals surface area contributed by atoms with E-state index in [4.69, 9.17) is 4.42 Å². The normalized spacial score (nSPS) is 10.9. The van der Waals surface area contributed by atoms with Crippen LogP contribution in [0.5, 0.6) is 0 Å². The topological polar surface area (TPSA) is 109 Å². The van der Waals surface area contributed by atoms with Crippen LogP contribution < -0.4 is 5.32 Å². The van der Waals surface area contributed by atoms with Crippen molar-refractivity contribution in [2.45, 2.75) is 0 Å². The van der Waals surface area contributed by atoms with Gasteiger partial charge in [-0.25, -0.2) is 0 Å². The minimum absolute atomic E-state index is 0.0970. The average Bonchev–Trinajstić information content (AvgIpc) is 3.14. The van der Waals surface area contributed by atoms with Crippen LogP contribution in [0.2, 0.25) is 0 Å². The fourth-order valence-electron chi connectivity index (χ4n) is 2.47. The van der Waals surface area contributed by atoms with E-state index in [-0.39, 0.29) is 22.8 Å². The highest BCUT2D eigenvalue weighted by Gasteiger charge is 2.17. The van der Waals surface area contributed by atoms with Gasteiger partial charge in [-0.2, -0.15) is 5.26 Å². The van der Waals surface area contributed by atoms with E-state index in [1.54, 1.807) is 42.5 Å². The van der Waals surface area contributed by atoms with Gasteiger partial charge in [-0.3, -0.25) is 14.9 Å². The summed E-state index contributed by atoms with van der Waals surface area (Å²) in [5, 5.41) is 23.1. The summed E-state index contributed by atoms with van der Waals surface area (Å²) >= 11 is 3.31. The van der Waals surface area contributed by atoms with Crippen molar-refractivity contribution in [1.29, 1.82) is 5.26 Å². The van der Waals surface area contributed by atoms with E-state index < -0.39 is 10.8 Å². The number of halogens is 1. The second kappa shape index (κ2) is 8.33. The van der Waals surface area contributed by atoms with E-state index in [1.807, 2.05) is 12.1 Å². The molecule has 0 radical (unpaired) electrons. The molecule has 28 heavy (non-hydrogen) atoms.